The molecule has 0 spiro atoms. The minimum absolute atomic E-state index is 0.463. The molecule has 100 valence electrons. The lowest BCUT2D eigenvalue weighted by Gasteiger charge is -2.14. The predicted octanol–water partition coefficient (Wildman–Crippen LogP) is 2.38. The van der Waals surface area contributed by atoms with Gasteiger partial charge in [0.15, 0.2) is 0 Å². The third kappa shape index (κ3) is 3.09. The summed E-state index contributed by atoms with van der Waals surface area (Å²) in [6, 6.07) is 7.79. The van der Waals surface area contributed by atoms with Crippen LogP contribution in [0.3, 0.4) is 0 Å². The summed E-state index contributed by atoms with van der Waals surface area (Å²) >= 11 is 0. The number of aromatic nitrogens is 2. The molecule has 1 N–H and O–H groups in total. The van der Waals surface area contributed by atoms with Crippen molar-refractivity contribution in [2.45, 2.75) is 26.4 Å². The van der Waals surface area contributed by atoms with Crippen LogP contribution >= 0.6 is 0 Å². The van der Waals surface area contributed by atoms with Crippen molar-refractivity contribution in [3.05, 3.63) is 53.0 Å². The summed E-state index contributed by atoms with van der Waals surface area (Å²) in [4.78, 5) is 8.04. The van der Waals surface area contributed by atoms with Gasteiger partial charge in [0.2, 0.25) is 5.88 Å². The molecule has 1 atom stereocenters. The van der Waals surface area contributed by atoms with Gasteiger partial charge in [-0.2, -0.15) is 0 Å². The Labute approximate surface area is 113 Å². The highest BCUT2D eigenvalue weighted by Crippen LogP contribution is 2.22. The van der Waals surface area contributed by atoms with Gasteiger partial charge in [0.1, 0.15) is 12.4 Å². The number of hydrogen-bond acceptors (Lipinski definition) is 4. The van der Waals surface area contributed by atoms with Crippen molar-refractivity contribution in [1.29, 1.82) is 0 Å². The lowest BCUT2D eigenvalue weighted by Crippen LogP contribution is -2.07. The molecule has 2 rings (SSSR count). The largest absolute Gasteiger partial charge is 0.481 e. The zero-order chi connectivity index (χ0) is 13.8. The van der Waals surface area contributed by atoms with Crippen LogP contribution in [0.15, 0.2) is 30.6 Å². The van der Waals surface area contributed by atoms with Crippen LogP contribution in [0, 0.1) is 13.8 Å². The molecule has 0 saturated carbocycles. The highest BCUT2D eigenvalue weighted by atomic mass is 16.5. The molecule has 0 bridgehead atoms. The van der Waals surface area contributed by atoms with Gasteiger partial charge in [-0.15, -0.1) is 0 Å². The van der Waals surface area contributed by atoms with E-state index in [4.69, 9.17) is 4.74 Å². The second kappa shape index (κ2) is 5.80. The molecule has 4 heteroatoms. The van der Waals surface area contributed by atoms with E-state index in [0.717, 1.165) is 5.56 Å². The number of aliphatic hydroxyl groups is 1. The molecule has 1 aromatic heterocycles. The maximum atomic E-state index is 10.3. The second-order valence-corrected chi connectivity index (χ2v) is 4.58. The molecule has 0 radical (unpaired) electrons. The van der Waals surface area contributed by atoms with Crippen molar-refractivity contribution >= 4 is 0 Å². The zero-order valence-corrected chi connectivity index (χ0v) is 11.4. The van der Waals surface area contributed by atoms with E-state index in [9.17, 15) is 5.11 Å². The van der Waals surface area contributed by atoms with Gasteiger partial charge in [0.25, 0.3) is 0 Å². The van der Waals surface area contributed by atoms with Crippen LogP contribution in [0.5, 0.6) is 5.88 Å². The topological polar surface area (TPSA) is 55.2 Å². The number of rotatable bonds is 4. The van der Waals surface area contributed by atoms with Gasteiger partial charge in [-0.05, 0) is 30.5 Å². The summed E-state index contributed by atoms with van der Waals surface area (Å²) in [5.74, 6) is 0.463. The van der Waals surface area contributed by atoms with Gasteiger partial charge in [-0.1, -0.05) is 18.2 Å². The molecule has 1 heterocycles. The first kappa shape index (κ1) is 13.5. The Bertz CT molecular complexity index is 550. The molecule has 0 amide bonds. The maximum absolute atomic E-state index is 10.3. The monoisotopic (exact) mass is 258 g/mol. The van der Waals surface area contributed by atoms with Gasteiger partial charge in [-0.3, -0.25) is 0 Å². The maximum Gasteiger partial charge on any atom is 0.216 e. The van der Waals surface area contributed by atoms with Crippen LogP contribution in [0.2, 0.25) is 0 Å². The first-order valence-electron chi connectivity index (χ1n) is 6.21. The van der Waals surface area contributed by atoms with E-state index in [1.54, 1.807) is 13.2 Å². The van der Waals surface area contributed by atoms with Crippen molar-refractivity contribution in [3.8, 4) is 5.88 Å². The van der Waals surface area contributed by atoms with Crippen LogP contribution in [0.25, 0.3) is 0 Å². The Balaban J connectivity index is 2.23. The normalized spacial score (nSPS) is 12.2. The molecular weight excluding hydrogens is 240 g/mol. The summed E-state index contributed by atoms with van der Waals surface area (Å²) < 4.78 is 5.04. The van der Waals surface area contributed by atoms with Crippen LogP contribution in [-0.4, -0.2) is 22.2 Å². The summed E-state index contributed by atoms with van der Waals surface area (Å²) in [6.07, 6.45) is 1.29. The van der Waals surface area contributed by atoms with Crippen molar-refractivity contribution in [3.63, 3.8) is 0 Å². The van der Waals surface area contributed by atoms with E-state index in [1.807, 2.05) is 6.07 Å². The van der Waals surface area contributed by atoms with E-state index >= 15 is 0 Å². The molecule has 0 aliphatic carbocycles. The molecule has 19 heavy (non-hydrogen) atoms. The first-order valence-corrected chi connectivity index (χ1v) is 6.21. The fraction of sp³-hybridized carbons (Fsp3) is 0.333. The van der Waals surface area contributed by atoms with E-state index in [1.165, 1.54) is 17.5 Å². The average Bonchev–Trinajstić information content (AvgIpc) is 2.43. The Kier molecular flexibility index (Phi) is 4.12. The van der Waals surface area contributed by atoms with E-state index in [-0.39, 0.29) is 0 Å². The van der Waals surface area contributed by atoms with Crippen LogP contribution in [-0.2, 0) is 6.42 Å². The van der Waals surface area contributed by atoms with Gasteiger partial charge in [0.05, 0.1) is 12.8 Å². The fourth-order valence-electron chi connectivity index (χ4n) is 2.12. The number of benzene rings is 1. The number of methoxy groups -OCH3 is 1. The SMILES string of the molecule is COc1cc(C(O)Cc2c(C)cccc2C)ncn1. The minimum Gasteiger partial charge on any atom is -0.481 e. The van der Waals surface area contributed by atoms with Crippen molar-refractivity contribution in [1.82, 2.24) is 9.97 Å². The first-order chi connectivity index (χ1) is 9.11. The molecule has 0 fully saturated rings. The smallest absolute Gasteiger partial charge is 0.216 e. The quantitative estimate of drug-likeness (QED) is 0.914. The molecule has 0 aliphatic rings. The highest BCUT2D eigenvalue weighted by molar-refractivity contribution is 5.34. The third-order valence-electron chi connectivity index (χ3n) is 3.26. The number of aliphatic hydroxyl groups excluding tert-OH is 1. The van der Waals surface area contributed by atoms with E-state index in [0.29, 0.717) is 18.0 Å². The highest BCUT2D eigenvalue weighted by Gasteiger charge is 2.14. The second-order valence-electron chi connectivity index (χ2n) is 4.58. The number of aryl methyl sites for hydroxylation is 2. The fourth-order valence-corrected chi connectivity index (χ4v) is 2.12. The average molecular weight is 258 g/mol. The number of nitrogens with zero attached hydrogens (tertiary/aromatic N) is 2. The Morgan fingerprint density at radius 2 is 1.89 bits per heavy atom. The van der Waals surface area contributed by atoms with E-state index in [2.05, 4.69) is 35.9 Å². The predicted molar refractivity (Wildman–Crippen MR) is 73.2 cm³/mol. The zero-order valence-electron chi connectivity index (χ0n) is 11.4. The number of hydrogen-bond donors (Lipinski definition) is 1. The van der Waals surface area contributed by atoms with Crippen LogP contribution in [0.1, 0.15) is 28.5 Å². The van der Waals surface area contributed by atoms with Crippen molar-refractivity contribution < 1.29 is 9.84 Å². The Morgan fingerprint density at radius 1 is 1.21 bits per heavy atom. The van der Waals surface area contributed by atoms with Crippen molar-refractivity contribution in [2.24, 2.45) is 0 Å². The molecule has 1 unspecified atom stereocenters. The summed E-state index contributed by atoms with van der Waals surface area (Å²) in [5.41, 5.74) is 4.10. The van der Waals surface area contributed by atoms with Crippen LogP contribution in [0.4, 0.5) is 0 Å². The Morgan fingerprint density at radius 3 is 2.53 bits per heavy atom. The molecule has 2 aromatic rings. The molecule has 1 aromatic carbocycles. The summed E-state index contributed by atoms with van der Waals surface area (Å²) in [7, 11) is 1.55. The molecule has 0 saturated heterocycles. The van der Waals surface area contributed by atoms with Crippen molar-refractivity contribution in [2.75, 3.05) is 7.11 Å². The van der Waals surface area contributed by atoms with E-state index < -0.39 is 6.10 Å². The lowest BCUT2D eigenvalue weighted by atomic mass is 9.96. The molecule has 0 aliphatic heterocycles. The van der Waals surface area contributed by atoms with Gasteiger partial charge < -0.3 is 9.84 Å². The van der Waals surface area contributed by atoms with Gasteiger partial charge >= 0.3 is 0 Å². The minimum atomic E-state index is -0.656. The number of ether oxygens (including phenoxy) is 1. The lowest BCUT2D eigenvalue weighted by molar-refractivity contribution is 0.172. The van der Waals surface area contributed by atoms with Gasteiger partial charge in [-0.25, -0.2) is 9.97 Å². The van der Waals surface area contributed by atoms with Gasteiger partial charge in [0, 0.05) is 12.5 Å². The molecule has 4 nitrogen and oxygen atoms in total. The summed E-state index contributed by atoms with van der Waals surface area (Å²) in [6.45, 7) is 4.10. The van der Waals surface area contributed by atoms with Crippen LogP contribution < -0.4 is 4.74 Å². The summed E-state index contributed by atoms with van der Waals surface area (Å²) in [5, 5.41) is 10.3. The Hall–Kier alpha value is -1.94. The standard InChI is InChI=1S/C15H18N2O2/c1-10-5-4-6-11(2)12(10)7-14(18)13-8-15(19-3)17-9-16-13/h4-6,8-9,14,18H,7H2,1-3H3. The third-order valence-corrected chi connectivity index (χ3v) is 3.26. The molecular formula is C15H18N2O2.